The number of carbonyl (C=O) groups excluding carboxylic acids is 1. The molecule has 7 heteroatoms. The summed E-state index contributed by atoms with van der Waals surface area (Å²) in [6.07, 6.45) is 1.05. The Morgan fingerprint density at radius 3 is 2.87 bits per heavy atom. The van der Waals surface area contributed by atoms with E-state index in [4.69, 9.17) is 14.2 Å². The van der Waals surface area contributed by atoms with Gasteiger partial charge in [0.15, 0.2) is 11.5 Å². The summed E-state index contributed by atoms with van der Waals surface area (Å²) in [5.41, 5.74) is 2.15. The lowest BCUT2D eigenvalue weighted by Crippen LogP contribution is -2.40. The summed E-state index contributed by atoms with van der Waals surface area (Å²) in [6, 6.07) is 13.6. The molecule has 4 rings (SSSR count). The molecule has 0 saturated carbocycles. The smallest absolute Gasteiger partial charge is 0.315 e. The molecule has 1 fully saturated rings. The molecule has 0 aliphatic carbocycles. The van der Waals surface area contributed by atoms with Crippen LogP contribution in [-0.4, -0.2) is 46.0 Å². The lowest BCUT2D eigenvalue weighted by Gasteiger charge is -2.21. The quantitative estimate of drug-likeness (QED) is 0.763. The van der Waals surface area contributed by atoms with Gasteiger partial charge in [0.2, 0.25) is 0 Å². The standard InChI is InChI=1S/C23H29N3O4/c1-16(18-6-7-21-22(12-18)30-11-10-29-21)25-23(27)24-14-17-8-9-26(15-17)19-4-3-5-20(13-19)28-2/h3-7,12-13,16-17H,8-11,14-15H2,1-2H3,(H2,24,25,27). The van der Waals surface area contributed by atoms with Gasteiger partial charge in [-0.3, -0.25) is 0 Å². The van der Waals surface area contributed by atoms with Crippen molar-refractivity contribution in [3.63, 3.8) is 0 Å². The third-order valence-corrected chi connectivity index (χ3v) is 5.67. The van der Waals surface area contributed by atoms with E-state index in [1.807, 2.05) is 37.3 Å². The van der Waals surface area contributed by atoms with Gasteiger partial charge in [0.1, 0.15) is 19.0 Å². The van der Waals surface area contributed by atoms with Crippen molar-refractivity contribution in [2.45, 2.75) is 19.4 Å². The zero-order chi connectivity index (χ0) is 20.9. The van der Waals surface area contributed by atoms with Gasteiger partial charge in [-0.05, 0) is 49.1 Å². The normalized spacial score (nSPS) is 18.6. The molecule has 2 aromatic rings. The van der Waals surface area contributed by atoms with E-state index in [0.717, 1.165) is 48.0 Å². The molecule has 2 amide bonds. The van der Waals surface area contributed by atoms with Crippen LogP contribution in [0.25, 0.3) is 0 Å². The van der Waals surface area contributed by atoms with Crippen LogP contribution in [0.1, 0.15) is 24.9 Å². The fourth-order valence-corrected chi connectivity index (χ4v) is 3.94. The summed E-state index contributed by atoms with van der Waals surface area (Å²) in [7, 11) is 1.68. The lowest BCUT2D eigenvalue weighted by molar-refractivity contribution is 0.171. The van der Waals surface area contributed by atoms with E-state index < -0.39 is 0 Å². The predicted molar refractivity (Wildman–Crippen MR) is 116 cm³/mol. The molecule has 2 N–H and O–H groups in total. The topological polar surface area (TPSA) is 72.1 Å². The molecule has 2 unspecified atom stereocenters. The summed E-state index contributed by atoms with van der Waals surface area (Å²) >= 11 is 0. The summed E-state index contributed by atoms with van der Waals surface area (Å²) in [5.74, 6) is 2.77. The Labute approximate surface area is 177 Å². The van der Waals surface area contributed by atoms with Gasteiger partial charge in [-0.15, -0.1) is 0 Å². The van der Waals surface area contributed by atoms with Crippen molar-refractivity contribution in [3.05, 3.63) is 48.0 Å². The second-order valence-electron chi connectivity index (χ2n) is 7.78. The molecule has 0 radical (unpaired) electrons. The van der Waals surface area contributed by atoms with Crippen LogP contribution in [0, 0.1) is 5.92 Å². The molecular formula is C23H29N3O4. The Morgan fingerprint density at radius 2 is 2.03 bits per heavy atom. The largest absolute Gasteiger partial charge is 0.497 e. The van der Waals surface area contributed by atoms with Crippen LogP contribution in [0.3, 0.4) is 0 Å². The second-order valence-corrected chi connectivity index (χ2v) is 7.78. The summed E-state index contributed by atoms with van der Waals surface area (Å²) in [6.45, 7) is 5.64. The van der Waals surface area contributed by atoms with E-state index in [9.17, 15) is 4.79 Å². The van der Waals surface area contributed by atoms with E-state index in [0.29, 0.717) is 25.7 Å². The van der Waals surface area contributed by atoms with Gasteiger partial charge in [0.05, 0.1) is 13.2 Å². The highest BCUT2D eigenvalue weighted by atomic mass is 16.6. The Bertz CT molecular complexity index is 889. The molecule has 2 aliphatic heterocycles. The molecule has 1 saturated heterocycles. The number of benzene rings is 2. The summed E-state index contributed by atoms with van der Waals surface area (Å²) in [5, 5.41) is 6.03. The number of anilines is 1. The number of methoxy groups -OCH3 is 1. The second kappa shape index (κ2) is 9.15. The van der Waals surface area contributed by atoms with Gasteiger partial charge in [0, 0.05) is 31.4 Å². The lowest BCUT2D eigenvalue weighted by atomic mass is 10.1. The monoisotopic (exact) mass is 411 g/mol. The number of ether oxygens (including phenoxy) is 3. The van der Waals surface area contributed by atoms with E-state index in [2.05, 4.69) is 27.7 Å². The first-order chi connectivity index (χ1) is 14.6. The highest BCUT2D eigenvalue weighted by Crippen LogP contribution is 2.32. The molecule has 0 bridgehead atoms. The summed E-state index contributed by atoms with van der Waals surface area (Å²) < 4.78 is 16.5. The number of nitrogens with one attached hydrogen (secondary N) is 2. The fraction of sp³-hybridized carbons (Fsp3) is 0.435. The maximum Gasteiger partial charge on any atom is 0.315 e. The number of nitrogens with zero attached hydrogens (tertiary/aromatic N) is 1. The van der Waals surface area contributed by atoms with Crippen molar-refractivity contribution in [1.82, 2.24) is 10.6 Å². The Balaban J connectivity index is 1.25. The number of carbonyl (C=O) groups is 1. The minimum atomic E-state index is -0.155. The minimum absolute atomic E-state index is 0.127. The number of hydrogen-bond acceptors (Lipinski definition) is 5. The van der Waals surface area contributed by atoms with Gasteiger partial charge >= 0.3 is 6.03 Å². The molecule has 2 aromatic carbocycles. The van der Waals surface area contributed by atoms with Crippen LogP contribution in [0.4, 0.5) is 10.5 Å². The average Bonchev–Trinajstić information content (AvgIpc) is 3.26. The Kier molecular flexibility index (Phi) is 6.16. The number of urea groups is 1. The first-order valence-corrected chi connectivity index (χ1v) is 10.5. The third-order valence-electron chi connectivity index (χ3n) is 5.67. The van der Waals surface area contributed by atoms with E-state index in [1.165, 1.54) is 0 Å². The average molecular weight is 412 g/mol. The highest BCUT2D eigenvalue weighted by molar-refractivity contribution is 5.74. The van der Waals surface area contributed by atoms with Gasteiger partial charge in [-0.25, -0.2) is 4.79 Å². The van der Waals surface area contributed by atoms with Crippen LogP contribution in [-0.2, 0) is 0 Å². The van der Waals surface area contributed by atoms with Crippen LogP contribution < -0.4 is 29.7 Å². The van der Waals surface area contributed by atoms with Crippen molar-refractivity contribution in [2.75, 3.05) is 44.9 Å². The number of rotatable bonds is 6. The maximum absolute atomic E-state index is 12.4. The Hall–Kier alpha value is -3.09. The molecule has 2 atom stereocenters. The van der Waals surface area contributed by atoms with Gasteiger partial charge in [-0.1, -0.05) is 12.1 Å². The Morgan fingerprint density at radius 1 is 1.20 bits per heavy atom. The SMILES string of the molecule is COc1cccc(N2CCC(CNC(=O)NC(C)c3ccc4c(c3)OCCO4)C2)c1. The first kappa shape index (κ1) is 20.2. The zero-order valence-electron chi connectivity index (χ0n) is 17.5. The minimum Gasteiger partial charge on any atom is -0.497 e. The van der Waals surface area contributed by atoms with Crippen LogP contribution >= 0.6 is 0 Å². The molecule has 2 aliphatic rings. The molecule has 0 spiro atoms. The zero-order valence-corrected chi connectivity index (χ0v) is 17.5. The van der Waals surface area contributed by atoms with Crippen molar-refractivity contribution >= 4 is 11.7 Å². The van der Waals surface area contributed by atoms with Crippen LogP contribution in [0.15, 0.2) is 42.5 Å². The van der Waals surface area contributed by atoms with Gasteiger partial charge < -0.3 is 29.7 Å². The third kappa shape index (κ3) is 4.72. The predicted octanol–water partition coefficient (Wildman–Crippen LogP) is 3.35. The van der Waals surface area contributed by atoms with Crippen molar-refractivity contribution in [2.24, 2.45) is 5.92 Å². The molecular weight excluding hydrogens is 382 g/mol. The first-order valence-electron chi connectivity index (χ1n) is 10.5. The summed E-state index contributed by atoms with van der Waals surface area (Å²) in [4.78, 5) is 14.7. The van der Waals surface area contributed by atoms with Crippen molar-refractivity contribution in [1.29, 1.82) is 0 Å². The highest BCUT2D eigenvalue weighted by Gasteiger charge is 2.24. The number of hydrogen-bond donors (Lipinski definition) is 2. The van der Waals surface area contributed by atoms with Crippen LogP contribution in [0.2, 0.25) is 0 Å². The maximum atomic E-state index is 12.4. The van der Waals surface area contributed by atoms with Crippen LogP contribution in [0.5, 0.6) is 17.2 Å². The molecule has 160 valence electrons. The molecule has 0 aromatic heterocycles. The van der Waals surface area contributed by atoms with Gasteiger partial charge in [-0.2, -0.15) is 0 Å². The molecule has 30 heavy (non-hydrogen) atoms. The van der Waals surface area contributed by atoms with E-state index in [1.54, 1.807) is 7.11 Å². The number of fused-ring (bicyclic) bond motifs is 1. The van der Waals surface area contributed by atoms with E-state index in [-0.39, 0.29) is 12.1 Å². The molecule has 2 heterocycles. The number of amides is 2. The van der Waals surface area contributed by atoms with Gasteiger partial charge in [0.25, 0.3) is 0 Å². The van der Waals surface area contributed by atoms with Crippen molar-refractivity contribution < 1.29 is 19.0 Å². The van der Waals surface area contributed by atoms with E-state index >= 15 is 0 Å². The van der Waals surface area contributed by atoms with Crippen molar-refractivity contribution in [3.8, 4) is 17.2 Å². The fourth-order valence-electron chi connectivity index (χ4n) is 3.94. The molecule has 7 nitrogen and oxygen atoms in total.